The molecule has 0 atom stereocenters. The predicted octanol–water partition coefficient (Wildman–Crippen LogP) is 4.19. The molecular weight excluding hydrogens is 312 g/mol. The second kappa shape index (κ2) is 6.20. The van der Waals surface area contributed by atoms with Gasteiger partial charge in [-0.2, -0.15) is 0 Å². The molecule has 122 valence electrons. The van der Waals surface area contributed by atoms with Crippen molar-refractivity contribution in [2.45, 2.75) is 6.92 Å². The normalized spacial score (nSPS) is 10.8. The number of rotatable bonds is 3. The minimum atomic E-state index is -0.177. The minimum absolute atomic E-state index is 0.177. The monoisotopic (exact) mass is 328 g/mol. The highest BCUT2D eigenvalue weighted by atomic mass is 16.1. The van der Waals surface area contributed by atoms with Crippen molar-refractivity contribution in [3.63, 3.8) is 0 Å². The first-order valence-electron chi connectivity index (χ1n) is 7.98. The van der Waals surface area contributed by atoms with Crippen molar-refractivity contribution in [3.05, 3.63) is 78.1 Å². The Morgan fingerprint density at radius 1 is 1.00 bits per heavy atom. The Kier molecular flexibility index (Phi) is 3.74. The fourth-order valence-corrected chi connectivity index (χ4v) is 2.61. The molecule has 2 heterocycles. The van der Waals surface area contributed by atoms with Crippen LogP contribution in [0.1, 0.15) is 16.1 Å². The van der Waals surface area contributed by atoms with Gasteiger partial charge in [-0.3, -0.25) is 9.78 Å². The van der Waals surface area contributed by atoms with E-state index in [1.165, 1.54) is 0 Å². The molecule has 2 aromatic carbocycles. The number of carbonyl (C=O) groups excluding carboxylic acids is 1. The zero-order chi connectivity index (χ0) is 17.2. The summed E-state index contributed by atoms with van der Waals surface area (Å²) in [5.41, 5.74) is 5.04. The first-order valence-corrected chi connectivity index (χ1v) is 7.98. The third-order valence-corrected chi connectivity index (χ3v) is 3.98. The number of aromatic nitrogens is 3. The van der Waals surface area contributed by atoms with Gasteiger partial charge in [-0.1, -0.05) is 12.1 Å². The number of para-hydroxylation sites is 2. The summed E-state index contributed by atoms with van der Waals surface area (Å²) < 4.78 is 0. The molecule has 25 heavy (non-hydrogen) atoms. The maximum absolute atomic E-state index is 12.2. The van der Waals surface area contributed by atoms with Crippen LogP contribution in [0.2, 0.25) is 0 Å². The highest BCUT2D eigenvalue weighted by Crippen LogP contribution is 2.22. The van der Waals surface area contributed by atoms with E-state index in [1.807, 2.05) is 61.5 Å². The predicted molar refractivity (Wildman–Crippen MR) is 98.5 cm³/mol. The van der Waals surface area contributed by atoms with E-state index in [0.717, 1.165) is 33.8 Å². The first-order chi connectivity index (χ1) is 12.2. The number of amides is 1. The lowest BCUT2D eigenvalue weighted by Crippen LogP contribution is -2.12. The van der Waals surface area contributed by atoms with Crippen LogP contribution in [0.25, 0.3) is 22.4 Å². The zero-order valence-electron chi connectivity index (χ0n) is 13.7. The molecule has 0 fully saturated rings. The smallest absolute Gasteiger partial charge is 0.257 e. The van der Waals surface area contributed by atoms with Gasteiger partial charge < -0.3 is 10.3 Å². The number of imidazole rings is 1. The van der Waals surface area contributed by atoms with Gasteiger partial charge in [-0.05, 0) is 55.5 Å². The topological polar surface area (TPSA) is 70.7 Å². The van der Waals surface area contributed by atoms with E-state index in [-0.39, 0.29) is 5.91 Å². The van der Waals surface area contributed by atoms with Gasteiger partial charge in [0, 0.05) is 23.1 Å². The number of hydrogen-bond acceptors (Lipinski definition) is 3. The van der Waals surface area contributed by atoms with Crippen molar-refractivity contribution in [1.29, 1.82) is 0 Å². The first kappa shape index (κ1) is 15.1. The van der Waals surface area contributed by atoms with E-state index in [4.69, 9.17) is 0 Å². The van der Waals surface area contributed by atoms with Crippen LogP contribution in [0.15, 0.2) is 66.9 Å². The molecule has 2 N–H and O–H groups in total. The Hall–Kier alpha value is -3.47. The summed E-state index contributed by atoms with van der Waals surface area (Å²) in [6.45, 7) is 1.89. The van der Waals surface area contributed by atoms with Gasteiger partial charge in [0.05, 0.1) is 16.6 Å². The quantitative estimate of drug-likeness (QED) is 0.592. The maximum atomic E-state index is 12.2. The Morgan fingerprint density at radius 2 is 1.80 bits per heavy atom. The zero-order valence-corrected chi connectivity index (χ0v) is 13.7. The van der Waals surface area contributed by atoms with E-state index in [9.17, 15) is 4.79 Å². The summed E-state index contributed by atoms with van der Waals surface area (Å²) >= 11 is 0. The number of nitrogens with zero attached hydrogens (tertiary/aromatic N) is 2. The lowest BCUT2D eigenvalue weighted by molar-refractivity contribution is 0.102. The van der Waals surface area contributed by atoms with E-state index in [0.29, 0.717) is 5.56 Å². The number of aromatic amines is 1. The molecule has 2 aromatic heterocycles. The molecule has 5 heteroatoms. The van der Waals surface area contributed by atoms with E-state index < -0.39 is 0 Å². The number of hydrogen-bond donors (Lipinski definition) is 2. The summed E-state index contributed by atoms with van der Waals surface area (Å²) in [7, 11) is 0. The van der Waals surface area contributed by atoms with Crippen LogP contribution >= 0.6 is 0 Å². The highest BCUT2D eigenvalue weighted by Gasteiger charge is 2.08. The molecule has 4 aromatic rings. The molecule has 0 aliphatic rings. The number of benzene rings is 2. The molecule has 0 aliphatic heterocycles. The number of aryl methyl sites for hydroxylation is 1. The summed E-state index contributed by atoms with van der Waals surface area (Å²) in [5, 5.41) is 2.87. The summed E-state index contributed by atoms with van der Waals surface area (Å²) in [6.07, 6.45) is 1.58. The van der Waals surface area contributed by atoms with Crippen molar-refractivity contribution >= 4 is 22.6 Å². The SMILES string of the molecule is Cc1ccc(C(=O)Nc2ccc(-c3nc4ccccc4[nH]3)cc2)cn1. The third-order valence-electron chi connectivity index (χ3n) is 3.98. The second-order valence-corrected chi connectivity index (χ2v) is 5.82. The Labute approximate surface area is 144 Å². The molecule has 1 amide bonds. The third kappa shape index (κ3) is 3.12. The number of nitrogens with one attached hydrogen (secondary N) is 2. The van der Waals surface area contributed by atoms with Crippen LogP contribution < -0.4 is 5.32 Å². The van der Waals surface area contributed by atoms with Crippen molar-refractivity contribution in [2.75, 3.05) is 5.32 Å². The van der Waals surface area contributed by atoms with Crippen molar-refractivity contribution in [2.24, 2.45) is 0 Å². The van der Waals surface area contributed by atoms with Crippen LogP contribution in [0.5, 0.6) is 0 Å². The van der Waals surface area contributed by atoms with Gasteiger partial charge in [0.15, 0.2) is 0 Å². The van der Waals surface area contributed by atoms with Gasteiger partial charge in [-0.25, -0.2) is 4.98 Å². The molecule has 5 nitrogen and oxygen atoms in total. The van der Waals surface area contributed by atoms with E-state index in [1.54, 1.807) is 12.3 Å². The van der Waals surface area contributed by atoms with Gasteiger partial charge in [0.1, 0.15) is 5.82 Å². The lowest BCUT2D eigenvalue weighted by atomic mass is 10.2. The lowest BCUT2D eigenvalue weighted by Gasteiger charge is -2.06. The molecule has 0 spiro atoms. The largest absolute Gasteiger partial charge is 0.338 e. The summed E-state index contributed by atoms with van der Waals surface area (Å²) in [5.74, 6) is 0.630. The molecule has 4 rings (SSSR count). The highest BCUT2D eigenvalue weighted by molar-refractivity contribution is 6.04. The number of anilines is 1. The number of pyridine rings is 1. The molecule has 0 radical (unpaired) electrons. The summed E-state index contributed by atoms with van der Waals surface area (Å²) in [6, 6.07) is 19.1. The molecule has 0 bridgehead atoms. The van der Waals surface area contributed by atoms with Gasteiger partial charge >= 0.3 is 0 Å². The van der Waals surface area contributed by atoms with E-state index in [2.05, 4.69) is 20.3 Å². The standard InChI is InChI=1S/C20H16N4O/c1-13-6-7-15(12-21-13)20(25)22-16-10-8-14(9-11-16)19-23-17-4-2-3-5-18(17)24-19/h2-12H,1H3,(H,22,25)(H,23,24). The number of H-pyrrole nitrogens is 1. The maximum Gasteiger partial charge on any atom is 0.257 e. The average molecular weight is 328 g/mol. The second-order valence-electron chi connectivity index (χ2n) is 5.82. The molecular formula is C20H16N4O. The van der Waals surface area contributed by atoms with Crippen molar-refractivity contribution in [1.82, 2.24) is 15.0 Å². The van der Waals surface area contributed by atoms with Crippen LogP contribution in [0, 0.1) is 6.92 Å². The number of fused-ring (bicyclic) bond motifs is 1. The van der Waals surface area contributed by atoms with Gasteiger partial charge in [-0.15, -0.1) is 0 Å². The molecule has 0 aliphatic carbocycles. The summed E-state index contributed by atoms with van der Waals surface area (Å²) in [4.78, 5) is 24.2. The van der Waals surface area contributed by atoms with Crippen LogP contribution in [0.4, 0.5) is 5.69 Å². The fourth-order valence-electron chi connectivity index (χ4n) is 2.61. The van der Waals surface area contributed by atoms with E-state index >= 15 is 0 Å². The average Bonchev–Trinajstić information content (AvgIpc) is 3.07. The van der Waals surface area contributed by atoms with Gasteiger partial charge in [0.25, 0.3) is 5.91 Å². The number of carbonyl (C=O) groups is 1. The van der Waals surface area contributed by atoms with Crippen molar-refractivity contribution in [3.8, 4) is 11.4 Å². The molecule has 0 saturated carbocycles. The van der Waals surface area contributed by atoms with Crippen molar-refractivity contribution < 1.29 is 4.79 Å². The Morgan fingerprint density at radius 3 is 2.52 bits per heavy atom. The van der Waals surface area contributed by atoms with Crippen LogP contribution in [0.3, 0.4) is 0 Å². The van der Waals surface area contributed by atoms with Gasteiger partial charge in [0.2, 0.25) is 0 Å². The molecule has 0 unspecified atom stereocenters. The van der Waals surface area contributed by atoms with Crippen LogP contribution in [-0.4, -0.2) is 20.9 Å². The Balaban J connectivity index is 1.53. The Bertz CT molecular complexity index is 1000. The molecule has 0 saturated heterocycles. The fraction of sp³-hybridized carbons (Fsp3) is 0.0500. The van der Waals surface area contributed by atoms with Crippen LogP contribution in [-0.2, 0) is 0 Å². The minimum Gasteiger partial charge on any atom is -0.338 e.